The predicted octanol–water partition coefficient (Wildman–Crippen LogP) is 2.50. The summed E-state index contributed by atoms with van der Waals surface area (Å²) in [5.74, 6) is 6.10. The summed E-state index contributed by atoms with van der Waals surface area (Å²) < 4.78 is 0. The van der Waals surface area contributed by atoms with Crippen molar-refractivity contribution in [1.29, 1.82) is 0 Å². The van der Waals surface area contributed by atoms with Gasteiger partial charge in [0.1, 0.15) is 0 Å². The van der Waals surface area contributed by atoms with E-state index in [2.05, 4.69) is 18.2 Å². The van der Waals surface area contributed by atoms with Crippen LogP contribution in [-0.2, 0) is 6.54 Å². The number of benzene rings is 1. The van der Waals surface area contributed by atoms with Crippen LogP contribution in [0.3, 0.4) is 0 Å². The minimum atomic E-state index is 0.586. The Balaban J connectivity index is 1.88. The van der Waals surface area contributed by atoms with Gasteiger partial charge in [-0.2, -0.15) is 0 Å². The van der Waals surface area contributed by atoms with Gasteiger partial charge in [0.05, 0.1) is 0 Å². The highest BCUT2D eigenvalue weighted by molar-refractivity contribution is 5.13. The summed E-state index contributed by atoms with van der Waals surface area (Å²) in [6.07, 6.45) is 6.57. The predicted molar refractivity (Wildman–Crippen MR) is 61.9 cm³/mol. The highest BCUT2D eigenvalue weighted by Gasteiger charge is 2.18. The molecule has 1 radical (unpaired) electrons. The molecule has 1 saturated carbocycles. The Hall–Kier alpha value is -0.860. The van der Waals surface area contributed by atoms with Crippen LogP contribution in [0.2, 0.25) is 0 Å². The topological polar surface area (TPSA) is 29.3 Å². The van der Waals surface area contributed by atoms with E-state index in [1.165, 1.54) is 37.7 Å². The van der Waals surface area contributed by atoms with Crippen LogP contribution in [0.1, 0.15) is 37.7 Å². The van der Waals surface area contributed by atoms with Gasteiger partial charge in [-0.15, -0.1) is 0 Å². The zero-order valence-electron chi connectivity index (χ0n) is 9.15. The molecule has 0 spiro atoms. The second-order valence-corrected chi connectivity index (χ2v) is 4.37. The Morgan fingerprint density at radius 1 is 1.20 bits per heavy atom. The monoisotopic (exact) mass is 203 g/mol. The van der Waals surface area contributed by atoms with Gasteiger partial charge < -0.3 is 0 Å². The lowest BCUT2D eigenvalue weighted by Crippen LogP contribution is -2.41. The van der Waals surface area contributed by atoms with Gasteiger partial charge in [0.2, 0.25) is 0 Å². The Labute approximate surface area is 92.1 Å². The third-order valence-corrected chi connectivity index (χ3v) is 3.20. The van der Waals surface area contributed by atoms with Crippen LogP contribution in [0.25, 0.3) is 0 Å². The van der Waals surface area contributed by atoms with Crippen LogP contribution in [0.5, 0.6) is 0 Å². The molecule has 0 saturated heterocycles. The maximum Gasteiger partial charge on any atom is 0.0382 e. The first-order valence-electron chi connectivity index (χ1n) is 5.82. The molecule has 0 atom stereocenters. The lowest BCUT2D eigenvalue weighted by atomic mass is 9.95. The molecule has 1 aliphatic carbocycles. The second-order valence-electron chi connectivity index (χ2n) is 4.37. The van der Waals surface area contributed by atoms with Crippen LogP contribution in [0.4, 0.5) is 0 Å². The van der Waals surface area contributed by atoms with Crippen LogP contribution >= 0.6 is 0 Å². The van der Waals surface area contributed by atoms with Gasteiger partial charge in [-0.25, -0.2) is 5.01 Å². The highest BCUT2D eigenvalue weighted by atomic mass is 15.4. The van der Waals surface area contributed by atoms with Gasteiger partial charge in [0.25, 0.3) is 0 Å². The molecule has 0 heterocycles. The molecule has 1 aromatic carbocycles. The van der Waals surface area contributed by atoms with Crippen molar-refractivity contribution < 1.29 is 0 Å². The third kappa shape index (κ3) is 3.05. The summed E-state index contributed by atoms with van der Waals surface area (Å²) in [5.41, 5.74) is 1.28. The van der Waals surface area contributed by atoms with Gasteiger partial charge in [0, 0.05) is 12.6 Å². The van der Waals surface area contributed by atoms with E-state index in [0.717, 1.165) is 6.54 Å². The van der Waals surface area contributed by atoms with Crippen molar-refractivity contribution in [2.24, 2.45) is 5.84 Å². The van der Waals surface area contributed by atoms with Crippen molar-refractivity contribution in [3.63, 3.8) is 0 Å². The number of rotatable bonds is 3. The normalized spacial score (nSPS) is 18.3. The minimum absolute atomic E-state index is 0.586. The first kappa shape index (κ1) is 10.7. The van der Waals surface area contributed by atoms with E-state index >= 15 is 0 Å². The van der Waals surface area contributed by atoms with Crippen LogP contribution < -0.4 is 5.84 Å². The molecular weight excluding hydrogens is 184 g/mol. The van der Waals surface area contributed by atoms with Gasteiger partial charge in [0.15, 0.2) is 0 Å². The van der Waals surface area contributed by atoms with Gasteiger partial charge in [-0.3, -0.25) is 5.84 Å². The molecule has 2 N–H and O–H groups in total. The van der Waals surface area contributed by atoms with Crippen molar-refractivity contribution >= 4 is 0 Å². The quantitative estimate of drug-likeness (QED) is 0.604. The van der Waals surface area contributed by atoms with Gasteiger partial charge in [-0.05, 0) is 24.5 Å². The molecule has 0 aromatic heterocycles. The Kier molecular flexibility index (Phi) is 3.75. The van der Waals surface area contributed by atoms with Gasteiger partial charge >= 0.3 is 0 Å². The smallest absolute Gasteiger partial charge is 0.0382 e. The molecular formula is C13H19N2. The number of hydrogen-bond acceptors (Lipinski definition) is 2. The molecule has 0 bridgehead atoms. The van der Waals surface area contributed by atoms with Crippen molar-refractivity contribution in [2.75, 3.05) is 0 Å². The Bertz CT molecular complexity index is 278. The summed E-state index contributed by atoms with van der Waals surface area (Å²) in [7, 11) is 0. The second kappa shape index (κ2) is 5.29. The highest BCUT2D eigenvalue weighted by Crippen LogP contribution is 2.21. The van der Waals surface area contributed by atoms with Crippen molar-refractivity contribution in [3.8, 4) is 0 Å². The SMILES string of the molecule is NN(Cc1cc[c]cc1)C1CCCCC1. The number of nitrogens with two attached hydrogens (primary N) is 1. The average molecular weight is 203 g/mol. The summed E-state index contributed by atoms with van der Waals surface area (Å²) in [4.78, 5) is 0. The summed E-state index contributed by atoms with van der Waals surface area (Å²) in [6.45, 7) is 0.860. The van der Waals surface area contributed by atoms with E-state index in [1.807, 2.05) is 17.1 Å². The fourth-order valence-electron chi connectivity index (χ4n) is 2.28. The van der Waals surface area contributed by atoms with Crippen LogP contribution in [0.15, 0.2) is 24.3 Å². The standard InChI is InChI=1S/C13H19N2/c14-15(13-9-5-2-6-10-13)11-12-7-3-1-4-8-12/h3-4,7-8,13H,2,5-6,9-11,14H2. The minimum Gasteiger partial charge on any atom is -0.268 e. The lowest BCUT2D eigenvalue weighted by Gasteiger charge is -2.30. The average Bonchev–Trinajstić information content (AvgIpc) is 2.31. The van der Waals surface area contributed by atoms with Crippen LogP contribution in [-0.4, -0.2) is 11.1 Å². The van der Waals surface area contributed by atoms with E-state index in [-0.39, 0.29) is 0 Å². The largest absolute Gasteiger partial charge is 0.268 e. The molecule has 2 heteroatoms. The fraction of sp³-hybridized carbons (Fsp3) is 0.538. The van der Waals surface area contributed by atoms with Crippen molar-refractivity contribution in [3.05, 3.63) is 35.9 Å². The number of hydrogen-bond donors (Lipinski definition) is 1. The summed E-state index contributed by atoms with van der Waals surface area (Å²) in [6, 6.07) is 11.7. The van der Waals surface area contributed by atoms with Crippen LogP contribution in [0, 0.1) is 6.07 Å². The van der Waals surface area contributed by atoms with Gasteiger partial charge in [-0.1, -0.05) is 43.5 Å². The number of hydrazine groups is 1. The molecule has 1 fully saturated rings. The van der Waals surface area contributed by atoms with Crippen molar-refractivity contribution in [1.82, 2.24) is 5.01 Å². The maximum atomic E-state index is 6.10. The molecule has 0 unspecified atom stereocenters. The first-order chi connectivity index (χ1) is 7.36. The fourth-order valence-corrected chi connectivity index (χ4v) is 2.28. The third-order valence-electron chi connectivity index (χ3n) is 3.20. The molecule has 81 valence electrons. The van der Waals surface area contributed by atoms with E-state index in [4.69, 9.17) is 5.84 Å². The number of nitrogens with zero attached hydrogens (tertiary/aromatic N) is 1. The molecule has 1 aromatic rings. The molecule has 0 aliphatic heterocycles. The Morgan fingerprint density at radius 2 is 1.87 bits per heavy atom. The summed E-state index contributed by atoms with van der Waals surface area (Å²) in [5, 5.41) is 2.01. The molecule has 2 nitrogen and oxygen atoms in total. The van der Waals surface area contributed by atoms with E-state index in [1.54, 1.807) is 0 Å². The van der Waals surface area contributed by atoms with E-state index < -0.39 is 0 Å². The van der Waals surface area contributed by atoms with E-state index in [0.29, 0.717) is 6.04 Å². The zero-order chi connectivity index (χ0) is 10.5. The maximum absolute atomic E-state index is 6.10. The molecule has 15 heavy (non-hydrogen) atoms. The summed E-state index contributed by atoms with van der Waals surface area (Å²) >= 11 is 0. The molecule has 2 rings (SSSR count). The van der Waals surface area contributed by atoms with E-state index in [9.17, 15) is 0 Å². The lowest BCUT2D eigenvalue weighted by molar-refractivity contribution is 0.150. The first-order valence-corrected chi connectivity index (χ1v) is 5.82. The molecule has 0 amide bonds. The zero-order valence-corrected chi connectivity index (χ0v) is 9.15. The van der Waals surface area contributed by atoms with Crippen molar-refractivity contribution in [2.45, 2.75) is 44.7 Å². The molecule has 1 aliphatic rings. The Morgan fingerprint density at radius 3 is 2.53 bits per heavy atom.